The summed E-state index contributed by atoms with van der Waals surface area (Å²) in [6.45, 7) is 5.44. The highest BCUT2D eigenvalue weighted by atomic mass is 16.5. The fourth-order valence-electron chi connectivity index (χ4n) is 3.67. The maximum Gasteiger partial charge on any atom is 0.225 e. The van der Waals surface area contributed by atoms with Gasteiger partial charge in [0.2, 0.25) is 5.95 Å². The van der Waals surface area contributed by atoms with Crippen molar-refractivity contribution in [3.8, 4) is 11.1 Å². The van der Waals surface area contributed by atoms with Crippen molar-refractivity contribution in [2.45, 2.75) is 38.0 Å². The molecule has 2 fully saturated rings. The molecular weight excluding hydrogens is 328 g/mol. The lowest BCUT2D eigenvalue weighted by Gasteiger charge is -2.30. The molecule has 4 rings (SSSR count). The van der Waals surface area contributed by atoms with Crippen molar-refractivity contribution in [2.75, 3.05) is 31.1 Å². The van der Waals surface area contributed by atoms with Crippen molar-refractivity contribution in [1.82, 2.24) is 15.3 Å². The molecule has 26 heavy (non-hydrogen) atoms. The predicted octanol–water partition coefficient (Wildman–Crippen LogP) is 2.15. The van der Waals surface area contributed by atoms with E-state index in [0.29, 0.717) is 6.04 Å². The molecule has 2 atom stereocenters. The van der Waals surface area contributed by atoms with Crippen LogP contribution in [0.2, 0.25) is 0 Å². The number of hydrogen-bond acceptors (Lipinski definition) is 6. The van der Waals surface area contributed by atoms with Crippen LogP contribution in [-0.2, 0) is 4.74 Å². The van der Waals surface area contributed by atoms with Crippen LogP contribution in [0.3, 0.4) is 0 Å². The highest BCUT2D eigenvalue weighted by Crippen LogP contribution is 2.27. The zero-order chi connectivity index (χ0) is 17.9. The lowest BCUT2D eigenvalue weighted by atomic mass is 9.99. The molecule has 0 amide bonds. The minimum Gasteiger partial charge on any atom is -0.393 e. The summed E-state index contributed by atoms with van der Waals surface area (Å²) < 4.78 is 5.90. The summed E-state index contributed by atoms with van der Waals surface area (Å²) in [7, 11) is 0. The SMILES string of the molecule is C[C@@H]1NCCO[C@H]1c1ccc(-c2cnc(N3CCC(O)CC3)nc2)cc1. The summed E-state index contributed by atoms with van der Waals surface area (Å²) in [4.78, 5) is 11.2. The Balaban J connectivity index is 1.45. The van der Waals surface area contributed by atoms with Gasteiger partial charge in [0, 0.05) is 43.6 Å². The van der Waals surface area contributed by atoms with Crippen LogP contribution < -0.4 is 10.2 Å². The molecule has 0 aliphatic carbocycles. The molecule has 1 aromatic carbocycles. The van der Waals surface area contributed by atoms with Crippen LogP contribution in [0.4, 0.5) is 5.95 Å². The maximum atomic E-state index is 9.62. The van der Waals surface area contributed by atoms with Gasteiger partial charge in [0.25, 0.3) is 0 Å². The molecule has 0 saturated carbocycles. The van der Waals surface area contributed by atoms with Gasteiger partial charge < -0.3 is 20.1 Å². The number of anilines is 1. The highest BCUT2D eigenvalue weighted by Gasteiger charge is 2.23. The zero-order valence-corrected chi connectivity index (χ0v) is 15.1. The minimum absolute atomic E-state index is 0.103. The monoisotopic (exact) mass is 354 g/mol. The maximum absolute atomic E-state index is 9.62. The first-order valence-corrected chi connectivity index (χ1v) is 9.41. The standard InChI is InChI=1S/C20H26N4O2/c1-14-19(26-11-8-21-14)16-4-2-15(3-5-16)17-12-22-20(23-13-17)24-9-6-18(25)7-10-24/h2-5,12-14,18-19,21,25H,6-11H2,1H3/t14-,19+/m0/s1. The average Bonchev–Trinajstić information content (AvgIpc) is 2.69. The molecule has 6 heteroatoms. The molecule has 6 nitrogen and oxygen atoms in total. The number of benzene rings is 1. The third-order valence-electron chi connectivity index (χ3n) is 5.28. The van der Waals surface area contributed by atoms with Crippen molar-refractivity contribution in [3.05, 3.63) is 42.2 Å². The van der Waals surface area contributed by atoms with Crippen LogP contribution in [0.15, 0.2) is 36.7 Å². The quantitative estimate of drug-likeness (QED) is 0.880. The number of morpholine rings is 1. The summed E-state index contributed by atoms with van der Waals surface area (Å²) in [5.74, 6) is 0.743. The lowest BCUT2D eigenvalue weighted by molar-refractivity contribution is -0.000215. The summed E-state index contributed by atoms with van der Waals surface area (Å²) in [5, 5.41) is 13.1. The van der Waals surface area contributed by atoms with Gasteiger partial charge in [0.1, 0.15) is 0 Å². The van der Waals surface area contributed by atoms with E-state index in [0.717, 1.165) is 56.2 Å². The number of aromatic nitrogens is 2. The Morgan fingerprint density at radius 3 is 2.42 bits per heavy atom. The Morgan fingerprint density at radius 2 is 1.77 bits per heavy atom. The molecule has 2 aromatic rings. The number of aliphatic hydroxyl groups is 1. The number of nitrogens with one attached hydrogen (secondary N) is 1. The van der Waals surface area contributed by atoms with E-state index in [4.69, 9.17) is 4.74 Å². The molecule has 0 spiro atoms. The number of piperidine rings is 1. The van der Waals surface area contributed by atoms with Crippen molar-refractivity contribution >= 4 is 5.95 Å². The van der Waals surface area contributed by atoms with Gasteiger partial charge in [-0.1, -0.05) is 24.3 Å². The van der Waals surface area contributed by atoms with Crippen LogP contribution >= 0.6 is 0 Å². The van der Waals surface area contributed by atoms with Crippen LogP contribution in [-0.4, -0.2) is 53.5 Å². The van der Waals surface area contributed by atoms with Gasteiger partial charge >= 0.3 is 0 Å². The van der Waals surface area contributed by atoms with Gasteiger partial charge in [-0.15, -0.1) is 0 Å². The summed E-state index contributed by atoms with van der Waals surface area (Å²) in [6.07, 6.45) is 5.24. The van der Waals surface area contributed by atoms with Crippen LogP contribution in [0.5, 0.6) is 0 Å². The van der Waals surface area contributed by atoms with Crippen molar-refractivity contribution in [3.63, 3.8) is 0 Å². The van der Waals surface area contributed by atoms with Gasteiger partial charge in [-0.3, -0.25) is 0 Å². The molecule has 2 N–H and O–H groups in total. The molecule has 0 unspecified atom stereocenters. The van der Waals surface area contributed by atoms with Gasteiger partial charge in [-0.25, -0.2) is 9.97 Å². The third kappa shape index (κ3) is 3.72. The third-order valence-corrected chi connectivity index (χ3v) is 5.28. The normalized spacial score (nSPS) is 24.6. The molecule has 2 aliphatic rings. The Hall–Kier alpha value is -2.02. The predicted molar refractivity (Wildman–Crippen MR) is 101 cm³/mol. The summed E-state index contributed by atoms with van der Waals surface area (Å²) in [5.41, 5.74) is 3.30. The second-order valence-corrected chi connectivity index (χ2v) is 7.15. The number of rotatable bonds is 3. The van der Waals surface area contributed by atoms with Crippen LogP contribution in [0, 0.1) is 0 Å². The fraction of sp³-hybridized carbons (Fsp3) is 0.500. The van der Waals surface area contributed by atoms with Crippen molar-refractivity contribution in [2.24, 2.45) is 0 Å². The van der Waals surface area contributed by atoms with E-state index in [2.05, 4.69) is 51.4 Å². The first-order chi connectivity index (χ1) is 12.7. The molecule has 2 aliphatic heterocycles. The highest BCUT2D eigenvalue weighted by molar-refractivity contribution is 5.62. The van der Waals surface area contributed by atoms with Gasteiger partial charge in [-0.2, -0.15) is 0 Å². The smallest absolute Gasteiger partial charge is 0.225 e. The number of hydrogen-bond donors (Lipinski definition) is 2. The Labute approximate surface area is 154 Å². The van der Waals surface area contributed by atoms with E-state index < -0.39 is 0 Å². The first-order valence-electron chi connectivity index (χ1n) is 9.41. The Bertz CT molecular complexity index is 712. The molecule has 1 aromatic heterocycles. The van der Waals surface area contributed by atoms with E-state index in [1.54, 1.807) is 0 Å². The van der Waals surface area contributed by atoms with E-state index in [1.165, 1.54) is 5.56 Å². The molecule has 3 heterocycles. The largest absolute Gasteiger partial charge is 0.393 e. The lowest BCUT2D eigenvalue weighted by Crippen LogP contribution is -2.41. The van der Waals surface area contributed by atoms with Crippen LogP contribution in [0.1, 0.15) is 31.4 Å². The number of ether oxygens (including phenoxy) is 1. The Morgan fingerprint density at radius 1 is 1.08 bits per heavy atom. The molecule has 138 valence electrons. The number of nitrogens with zero attached hydrogens (tertiary/aromatic N) is 3. The molecule has 2 saturated heterocycles. The van der Waals surface area contributed by atoms with Gasteiger partial charge in [0.05, 0.1) is 18.8 Å². The van der Waals surface area contributed by atoms with Crippen molar-refractivity contribution < 1.29 is 9.84 Å². The van der Waals surface area contributed by atoms with Crippen LogP contribution in [0.25, 0.3) is 11.1 Å². The summed E-state index contributed by atoms with van der Waals surface area (Å²) in [6, 6.07) is 8.79. The average molecular weight is 354 g/mol. The second-order valence-electron chi connectivity index (χ2n) is 7.15. The van der Waals surface area contributed by atoms with E-state index >= 15 is 0 Å². The molecular formula is C20H26N4O2. The topological polar surface area (TPSA) is 70.5 Å². The van der Waals surface area contributed by atoms with E-state index in [1.807, 2.05) is 12.4 Å². The first kappa shape index (κ1) is 17.4. The van der Waals surface area contributed by atoms with Gasteiger partial charge in [0.15, 0.2) is 0 Å². The molecule has 0 bridgehead atoms. The molecule has 0 radical (unpaired) electrons. The van der Waals surface area contributed by atoms with Crippen molar-refractivity contribution in [1.29, 1.82) is 0 Å². The minimum atomic E-state index is -0.185. The fourth-order valence-corrected chi connectivity index (χ4v) is 3.67. The van der Waals surface area contributed by atoms with E-state index in [-0.39, 0.29) is 12.2 Å². The second kappa shape index (κ2) is 7.70. The van der Waals surface area contributed by atoms with E-state index in [9.17, 15) is 5.11 Å². The number of aliphatic hydroxyl groups excluding tert-OH is 1. The Kier molecular flexibility index (Phi) is 5.15. The summed E-state index contributed by atoms with van der Waals surface area (Å²) >= 11 is 0. The van der Waals surface area contributed by atoms with Gasteiger partial charge in [-0.05, 0) is 30.9 Å². The zero-order valence-electron chi connectivity index (χ0n) is 15.1.